The Morgan fingerprint density at radius 3 is 2.31 bits per heavy atom. The van der Waals surface area contributed by atoms with E-state index in [4.69, 9.17) is 4.74 Å². The maximum absolute atomic E-state index is 14.1. The number of aromatic nitrogens is 3. The molecular weight excluding hydrogens is 562 g/mol. The molecule has 0 fully saturated rings. The number of carbonyl (C=O) groups is 1. The Morgan fingerprint density at radius 2 is 1.64 bits per heavy atom. The molecular formula is C37H39N5O3. The van der Waals surface area contributed by atoms with Crippen LogP contribution >= 0.6 is 0 Å². The van der Waals surface area contributed by atoms with Gasteiger partial charge in [0.15, 0.2) is 0 Å². The van der Waals surface area contributed by atoms with Gasteiger partial charge in [-0.15, -0.1) is 0 Å². The molecule has 0 atom stereocenters. The van der Waals surface area contributed by atoms with Gasteiger partial charge in [-0.05, 0) is 101 Å². The van der Waals surface area contributed by atoms with Crippen molar-refractivity contribution >= 4 is 28.4 Å². The molecule has 0 aliphatic rings. The number of amides is 2. The first kappa shape index (κ1) is 31.2. The number of fused-ring (bicyclic) bond motifs is 1. The van der Waals surface area contributed by atoms with E-state index in [1.54, 1.807) is 30.7 Å². The number of benzene rings is 2. The summed E-state index contributed by atoms with van der Waals surface area (Å²) in [5.74, 6) is 0.979. The molecule has 0 unspecified atom stereocenters. The molecule has 5 rings (SSSR count). The summed E-state index contributed by atoms with van der Waals surface area (Å²) in [5.41, 5.74) is 6.89. The third kappa shape index (κ3) is 7.29. The number of aromatic amines is 1. The van der Waals surface area contributed by atoms with Gasteiger partial charge in [0.2, 0.25) is 0 Å². The third-order valence-electron chi connectivity index (χ3n) is 7.56. The molecule has 2 amide bonds. The molecule has 2 aromatic carbocycles. The van der Waals surface area contributed by atoms with Crippen molar-refractivity contribution in [2.75, 3.05) is 16.8 Å². The lowest BCUT2D eigenvalue weighted by Gasteiger charge is -2.27. The van der Waals surface area contributed by atoms with Crippen molar-refractivity contribution in [1.29, 1.82) is 0 Å². The number of nitrogens with one attached hydrogen (secondary N) is 2. The van der Waals surface area contributed by atoms with Crippen LogP contribution in [0, 0.1) is 0 Å². The number of carbonyl (C=O) groups excluding carboxylic acids is 1. The molecule has 0 saturated carbocycles. The number of hydrogen-bond acceptors (Lipinski definition) is 5. The van der Waals surface area contributed by atoms with Crippen molar-refractivity contribution in [1.82, 2.24) is 15.0 Å². The van der Waals surface area contributed by atoms with E-state index < -0.39 is 11.6 Å². The van der Waals surface area contributed by atoms with Crippen LogP contribution in [0.25, 0.3) is 22.2 Å². The Kier molecular flexibility index (Phi) is 9.42. The Hall–Kier alpha value is -5.24. The fourth-order valence-electron chi connectivity index (χ4n) is 5.25. The second-order valence-corrected chi connectivity index (χ2v) is 11.9. The van der Waals surface area contributed by atoms with Crippen LogP contribution in [0.1, 0.15) is 63.1 Å². The molecule has 0 radical (unpaired) electrons. The Balaban J connectivity index is 1.51. The second kappa shape index (κ2) is 13.6. The summed E-state index contributed by atoms with van der Waals surface area (Å²) >= 11 is 0. The summed E-state index contributed by atoms with van der Waals surface area (Å²) in [6, 6.07) is 21.1. The molecule has 0 bridgehead atoms. The Bertz CT molecular complexity index is 1870. The number of hydrogen-bond donors (Lipinski definition) is 2. The third-order valence-corrected chi connectivity index (χ3v) is 7.56. The molecule has 0 saturated heterocycles. The van der Waals surface area contributed by atoms with Crippen molar-refractivity contribution in [3.8, 4) is 16.9 Å². The predicted octanol–water partition coefficient (Wildman–Crippen LogP) is 8.43. The maximum atomic E-state index is 14.1. The summed E-state index contributed by atoms with van der Waals surface area (Å²) in [6.45, 7) is 14.9. The van der Waals surface area contributed by atoms with Gasteiger partial charge in [-0.25, -0.2) is 9.78 Å². The van der Waals surface area contributed by atoms with Crippen molar-refractivity contribution < 1.29 is 9.53 Å². The Labute approximate surface area is 263 Å². The van der Waals surface area contributed by atoms with Crippen LogP contribution in [0.2, 0.25) is 0 Å². The Morgan fingerprint density at radius 1 is 0.933 bits per heavy atom. The first-order chi connectivity index (χ1) is 21.6. The molecule has 3 heterocycles. The monoisotopic (exact) mass is 601 g/mol. The number of pyridine rings is 3. The van der Waals surface area contributed by atoms with Crippen molar-refractivity contribution in [2.24, 2.45) is 0 Å². The summed E-state index contributed by atoms with van der Waals surface area (Å²) in [4.78, 5) is 39.8. The van der Waals surface area contributed by atoms with Gasteiger partial charge in [0, 0.05) is 36.2 Å². The molecule has 45 heavy (non-hydrogen) atoms. The summed E-state index contributed by atoms with van der Waals surface area (Å²) in [5, 5.41) is 3.93. The topological polar surface area (TPSA) is 100 Å². The molecule has 0 spiro atoms. The van der Waals surface area contributed by atoms with Gasteiger partial charge in [-0.1, -0.05) is 52.0 Å². The maximum Gasteiger partial charge on any atom is 0.326 e. The smallest absolute Gasteiger partial charge is 0.326 e. The van der Waals surface area contributed by atoms with Gasteiger partial charge in [-0.3, -0.25) is 14.7 Å². The number of anilines is 2. The van der Waals surface area contributed by atoms with Crippen LogP contribution in [-0.4, -0.2) is 27.5 Å². The largest absolute Gasteiger partial charge is 0.489 e. The highest BCUT2D eigenvalue weighted by Gasteiger charge is 2.24. The zero-order valence-corrected chi connectivity index (χ0v) is 26.4. The molecule has 8 nitrogen and oxygen atoms in total. The summed E-state index contributed by atoms with van der Waals surface area (Å²) in [7, 11) is 0. The minimum atomic E-state index is -0.408. The van der Waals surface area contributed by atoms with E-state index in [1.807, 2.05) is 43.3 Å². The molecule has 3 aromatic heterocycles. The fraction of sp³-hybridized carbons (Fsp3) is 0.243. The lowest BCUT2D eigenvalue weighted by molar-refractivity contribution is 0.257. The van der Waals surface area contributed by atoms with Crippen LogP contribution < -0.4 is 20.5 Å². The lowest BCUT2D eigenvalue weighted by Crippen LogP contribution is -2.39. The van der Waals surface area contributed by atoms with Gasteiger partial charge >= 0.3 is 6.03 Å². The van der Waals surface area contributed by atoms with Gasteiger partial charge in [0.25, 0.3) is 5.56 Å². The normalized spacial score (nSPS) is 11.2. The van der Waals surface area contributed by atoms with E-state index in [9.17, 15) is 9.59 Å². The van der Waals surface area contributed by atoms with Crippen LogP contribution in [0.5, 0.6) is 5.75 Å². The number of urea groups is 1. The molecule has 230 valence electrons. The van der Waals surface area contributed by atoms with Crippen molar-refractivity contribution in [3.63, 3.8) is 0 Å². The highest BCUT2D eigenvalue weighted by Crippen LogP contribution is 2.38. The van der Waals surface area contributed by atoms with Gasteiger partial charge < -0.3 is 15.0 Å². The molecule has 0 aliphatic heterocycles. The van der Waals surface area contributed by atoms with Crippen molar-refractivity contribution in [3.05, 3.63) is 125 Å². The van der Waals surface area contributed by atoms with E-state index in [0.29, 0.717) is 12.3 Å². The van der Waals surface area contributed by atoms with E-state index >= 15 is 0 Å². The standard InChI is InChI=1S/C37H39N5O3/c1-23(2)21-42(33-20-28-10-8-14-39-35(28)41-36(33)43)37(44)40-34-31(24(3)4)18-29(19-32(34)25(5)6)27-9-7-11-30(17-27)45-22-26-12-15-38-16-13-26/h7-20,24-25H,1,21-22H2,2-6H3,(H,40,44)(H,39,41,43). The summed E-state index contributed by atoms with van der Waals surface area (Å²) < 4.78 is 6.09. The van der Waals surface area contributed by atoms with E-state index in [1.165, 1.54) is 4.90 Å². The average molecular weight is 602 g/mol. The zero-order valence-electron chi connectivity index (χ0n) is 26.4. The lowest BCUT2D eigenvalue weighted by atomic mass is 9.88. The molecule has 5 aromatic rings. The van der Waals surface area contributed by atoms with Crippen LogP contribution in [0.4, 0.5) is 16.2 Å². The van der Waals surface area contributed by atoms with Crippen LogP contribution in [0.15, 0.2) is 102 Å². The molecule has 0 aliphatic carbocycles. The minimum absolute atomic E-state index is 0.105. The number of nitrogens with zero attached hydrogens (tertiary/aromatic N) is 3. The highest BCUT2D eigenvalue weighted by atomic mass is 16.5. The number of ether oxygens (including phenoxy) is 1. The minimum Gasteiger partial charge on any atom is -0.489 e. The van der Waals surface area contributed by atoms with Gasteiger partial charge in [0.05, 0.1) is 0 Å². The fourth-order valence-corrected chi connectivity index (χ4v) is 5.25. The first-order valence-electron chi connectivity index (χ1n) is 15.1. The SMILES string of the molecule is C=C(C)CN(C(=O)Nc1c(C(C)C)cc(-c2cccc(OCc3ccncc3)c2)cc1C(C)C)c1cc2cccnc2[nH]c1=O. The predicted molar refractivity (Wildman–Crippen MR) is 182 cm³/mol. The summed E-state index contributed by atoms with van der Waals surface area (Å²) in [6.07, 6.45) is 5.13. The molecule has 2 N–H and O–H groups in total. The van der Waals surface area contributed by atoms with Gasteiger partial charge in [0.1, 0.15) is 23.7 Å². The average Bonchev–Trinajstić information content (AvgIpc) is 3.02. The van der Waals surface area contributed by atoms with E-state index in [0.717, 1.165) is 50.2 Å². The quantitative estimate of drug-likeness (QED) is 0.157. The molecule has 8 heteroatoms. The number of H-pyrrole nitrogens is 1. The zero-order chi connectivity index (χ0) is 32.1. The highest BCUT2D eigenvalue weighted by molar-refractivity contribution is 6.04. The van der Waals surface area contributed by atoms with E-state index in [2.05, 4.69) is 72.7 Å². The van der Waals surface area contributed by atoms with E-state index in [-0.39, 0.29) is 24.1 Å². The van der Waals surface area contributed by atoms with Crippen LogP contribution in [-0.2, 0) is 6.61 Å². The first-order valence-corrected chi connectivity index (χ1v) is 15.1. The number of rotatable bonds is 10. The van der Waals surface area contributed by atoms with Gasteiger partial charge in [-0.2, -0.15) is 0 Å². The second-order valence-electron chi connectivity index (χ2n) is 11.9. The van der Waals surface area contributed by atoms with Crippen LogP contribution in [0.3, 0.4) is 0 Å². The van der Waals surface area contributed by atoms with Crippen molar-refractivity contribution in [2.45, 2.75) is 53.1 Å².